The van der Waals surface area contributed by atoms with Gasteiger partial charge in [0.1, 0.15) is 0 Å². The topological polar surface area (TPSA) is 44.5 Å². The van der Waals surface area contributed by atoms with Crippen LogP contribution in [0, 0.1) is 0 Å². The number of anilines is 1. The lowest BCUT2D eigenvalue weighted by Gasteiger charge is -2.20. The van der Waals surface area contributed by atoms with Crippen LogP contribution in [0.25, 0.3) is 0 Å². The van der Waals surface area contributed by atoms with Crippen LogP contribution >= 0.6 is 0 Å². The zero-order valence-corrected chi connectivity index (χ0v) is 11.4. The maximum absolute atomic E-state index is 5.76. The summed E-state index contributed by atoms with van der Waals surface area (Å²) in [7, 11) is 4.32. The molecule has 0 saturated carbocycles. The molecule has 1 fully saturated rings. The van der Waals surface area contributed by atoms with Crippen LogP contribution in [0.3, 0.4) is 0 Å². The molecule has 1 aromatic rings. The van der Waals surface area contributed by atoms with Gasteiger partial charge in [0, 0.05) is 38.0 Å². The lowest BCUT2D eigenvalue weighted by atomic mass is 10.2. The van der Waals surface area contributed by atoms with Gasteiger partial charge in [-0.1, -0.05) is 12.1 Å². The van der Waals surface area contributed by atoms with Crippen molar-refractivity contribution in [2.24, 2.45) is 0 Å². The minimum atomic E-state index is 0.708. The molecule has 2 rings (SSSR count). The number of hydrogen-bond acceptors (Lipinski definition) is 4. The molecule has 100 valence electrons. The second-order valence-electron chi connectivity index (χ2n) is 5.31. The van der Waals surface area contributed by atoms with Gasteiger partial charge in [0.05, 0.1) is 0 Å². The Kier molecular flexibility index (Phi) is 4.58. The Balaban J connectivity index is 1.70. The van der Waals surface area contributed by atoms with E-state index in [9.17, 15) is 0 Å². The van der Waals surface area contributed by atoms with E-state index in [4.69, 9.17) is 5.73 Å². The third-order valence-electron chi connectivity index (χ3n) is 3.59. The lowest BCUT2D eigenvalue weighted by molar-refractivity contribution is 0.257. The van der Waals surface area contributed by atoms with Crippen molar-refractivity contribution >= 4 is 5.69 Å². The quantitative estimate of drug-likeness (QED) is 0.762. The molecule has 3 N–H and O–H groups in total. The molecule has 0 aromatic heterocycles. The van der Waals surface area contributed by atoms with Crippen LogP contribution in [-0.2, 0) is 6.54 Å². The van der Waals surface area contributed by atoms with Crippen molar-refractivity contribution in [1.29, 1.82) is 0 Å². The van der Waals surface area contributed by atoms with Gasteiger partial charge in [0.15, 0.2) is 0 Å². The summed E-state index contributed by atoms with van der Waals surface area (Å²) in [4.78, 5) is 4.79. The number of nitrogen functional groups attached to an aromatic ring is 1. The monoisotopic (exact) mass is 248 g/mol. The second kappa shape index (κ2) is 6.18. The zero-order valence-electron chi connectivity index (χ0n) is 11.4. The minimum Gasteiger partial charge on any atom is -0.399 e. The van der Waals surface area contributed by atoms with E-state index < -0.39 is 0 Å². The normalized spacial score (nSPS) is 20.7. The molecule has 1 saturated heterocycles. The van der Waals surface area contributed by atoms with Crippen molar-refractivity contribution in [2.45, 2.75) is 19.0 Å². The number of nitrogens with two attached hydrogens (primary N) is 1. The van der Waals surface area contributed by atoms with E-state index >= 15 is 0 Å². The van der Waals surface area contributed by atoms with Crippen LogP contribution in [-0.4, -0.2) is 49.7 Å². The minimum absolute atomic E-state index is 0.708. The van der Waals surface area contributed by atoms with Crippen molar-refractivity contribution in [3.63, 3.8) is 0 Å². The molecule has 1 unspecified atom stereocenters. The van der Waals surface area contributed by atoms with Crippen molar-refractivity contribution in [1.82, 2.24) is 15.1 Å². The highest BCUT2D eigenvalue weighted by atomic mass is 15.3. The Labute approximate surface area is 110 Å². The molecule has 1 atom stereocenters. The average Bonchev–Trinajstić information content (AvgIpc) is 2.78. The van der Waals surface area contributed by atoms with Gasteiger partial charge >= 0.3 is 0 Å². The summed E-state index contributed by atoms with van der Waals surface area (Å²) in [5.41, 5.74) is 7.84. The van der Waals surface area contributed by atoms with Crippen LogP contribution in [0.15, 0.2) is 24.3 Å². The molecule has 0 bridgehead atoms. The first kappa shape index (κ1) is 13.3. The van der Waals surface area contributed by atoms with Gasteiger partial charge in [-0.05, 0) is 38.2 Å². The van der Waals surface area contributed by atoms with Crippen molar-refractivity contribution < 1.29 is 0 Å². The zero-order chi connectivity index (χ0) is 13.0. The van der Waals surface area contributed by atoms with Crippen LogP contribution in [0.2, 0.25) is 0 Å². The average molecular weight is 248 g/mol. The number of likely N-dealkylation sites (N-methyl/N-ethyl adjacent to an activating group) is 1. The number of likely N-dealkylation sites (tertiary alicyclic amines) is 1. The van der Waals surface area contributed by atoms with Gasteiger partial charge in [-0.2, -0.15) is 0 Å². The van der Waals surface area contributed by atoms with E-state index in [0.29, 0.717) is 6.04 Å². The number of rotatable bonds is 5. The molecule has 0 aliphatic carbocycles. The summed E-state index contributed by atoms with van der Waals surface area (Å²) >= 11 is 0. The maximum atomic E-state index is 5.76. The van der Waals surface area contributed by atoms with Crippen molar-refractivity contribution in [3.8, 4) is 0 Å². The molecule has 0 spiro atoms. The Morgan fingerprint density at radius 2 is 2.28 bits per heavy atom. The molecule has 0 amide bonds. The standard InChI is InChI=1S/C14H24N4/c1-17(2)14-6-7-18(10-14)11-16-9-12-4-3-5-13(15)8-12/h3-5,8,14,16H,6-7,9-11,15H2,1-2H3. The summed E-state index contributed by atoms with van der Waals surface area (Å²) in [6.07, 6.45) is 1.27. The molecule has 0 radical (unpaired) electrons. The second-order valence-corrected chi connectivity index (χ2v) is 5.31. The fraction of sp³-hybridized carbons (Fsp3) is 0.571. The van der Waals surface area contributed by atoms with Crippen molar-refractivity contribution in [2.75, 3.05) is 39.6 Å². The highest BCUT2D eigenvalue weighted by molar-refractivity contribution is 5.40. The summed E-state index contributed by atoms with van der Waals surface area (Å²) in [6, 6.07) is 8.77. The predicted octanol–water partition coefficient (Wildman–Crippen LogP) is 0.952. The summed E-state index contributed by atoms with van der Waals surface area (Å²) in [6.45, 7) is 4.19. The smallest absolute Gasteiger partial charge is 0.0483 e. The number of nitrogens with one attached hydrogen (secondary N) is 1. The Hall–Kier alpha value is -1.10. The van der Waals surface area contributed by atoms with E-state index in [2.05, 4.69) is 35.3 Å². The molecular weight excluding hydrogens is 224 g/mol. The third-order valence-corrected chi connectivity index (χ3v) is 3.59. The summed E-state index contributed by atoms with van der Waals surface area (Å²) < 4.78 is 0. The summed E-state index contributed by atoms with van der Waals surface area (Å²) in [5, 5.41) is 3.48. The lowest BCUT2D eigenvalue weighted by Crippen LogP contribution is -2.36. The first-order chi connectivity index (χ1) is 8.65. The van der Waals surface area contributed by atoms with Crippen LogP contribution in [0.1, 0.15) is 12.0 Å². The highest BCUT2D eigenvalue weighted by Gasteiger charge is 2.22. The maximum Gasteiger partial charge on any atom is 0.0483 e. The Morgan fingerprint density at radius 1 is 1.44 bits per heavy atom. The molecule has 1 heterocycles. The van der Waals surface area contributed by atoms with Crippen LogP contribution in [0.5, 0.6) is 0 Å². The third kappa shape index (κ3) is 3.70. The van der Waals surface area contributed by atoms with E-state index in [-0.39, 0.29) is 0 Å². The molecule has 1 aliphatic heterocycles. The van der Waals surface area contributed by atoms with Gasteiger partial charge in [-0.25, -0.2) is 0 Å². The van der Waals surface area contributed by atoms with E-state index in [1.165, 1.54) is 18.5 Å². The highest BCUT2D eigenvalue weighted by Crippen LogP contribution is 2.12. The SMILES string of the molecule is CN(C)C1CCN(CNCc2cccc(N)c2)C1. The molecule has 18 heavy (non-hydrogen) atoms. The number of benzene rings is 1. The first-order valence-electron chi connectivity index (χ1n) is 6.59. The first-order valence-corrected chi connectivity index (χ1v) is 6.59. The molecule has 4 heteroatoms. The van der Waals surface area contributed by atoms with Crippen LogP contribution in [0.4, 0.5) is 5.69 Å². The van der Waals surface area contributed by atoms with E-state index in [0.717, 1.165) is 25.4 Å². The molecule has 1 aromatic carbocycles. The molecule has 4 nitrogen and oxygen atoms in total. The fourth-order valence-electron chi connectivity index (χ4n) is 2.44. The molecular formula is C14H24N4. The van der Waals surface area contributed by atoms with Crippen LogP contribution < -0.4 is 11.1 Å². The summed E-state index contributed by atoms with van der Waals surface area (Å²) in [5.74, 6) is 0. The van der Waals surface area contributed by atoms with Gasteiger partial charge < -0.3 is 16.0 Å². The van der Waals surface area contributed by atoms with Gasteiger partial charge in [0.25, 0.3) is 0 Å². The largest absolute Gasteiger partial charge is 0.399 e. The van der Waals surface area contributed by atoms with Gasteiger partial charge in [-0.15, -0.1) is 0 Å². The van der Waals surface area contributed by atoms with E-state index in [1.807, 2.05) is 18.2 Å². The number of hydrogen-bond donors (Lipinski definition) is 2. The van der Waals surface area contributed by atoms with Gasteiger partial charge in [0.2, 0.25) is 0 Å². The fourth-order valence-corrected chi connectivity index (χ4v) is 2.44. The Bertz CT molecular complexity index is 378. The number of nitrogens with zero attached hydrogens (tertiary/aromatic N) is 2. The van der Waals surface area contributed by atoms with Crippen molar-refractivity contribution in [3.05, 3.63) is 29.8 Å². The van der Waals surface area contributed by atoms with E-state index in [1.54, 1.807) is 0 Å². The predicted molar refractivity (Wildman–Crippen MR) is 76.2 cm³/mol. The Morgan fingerprint density at radius 3 is 2.94 bits per heavy atom. The van der Waals surface area contributed by atoms with Gasteiger partial charge in [-0.3, -0.25) is 4.90 Å². The molecule has 1 aliphatic rings.